The third-order valence-corrected chi connectivity index (χ3v) is 5.07. The number of fused-ring (bicyclic) bond motifs is 1. The van der Waals surface area contributed by atoms with Crippen LogP contribution in [0.15, 0.2) is 52.9 Å². The second-order valence-electron chi connectivity index (χ2n) is 7.03. The normalized spacial score (nSPS) is 11.0. The summed E-state index contributed by atoms with van der Waals surface area (Å²) in [5.74, 6) is -1.81. The van der Waals surface area contributed by atoms with Crippen molar-refractivity contribution in [2.45, 2.75) is 13.8 Å². The minimum Gasteiger partial charge on any atom is -0.484 e. The van der Waals surface area contributed by atoms with Crippen LogP contribution in [0.25, 0.3) is 22.6 Å². The fourth-order valence-corrected chi connectivity index (χ4v) is 3.19. The summed E-state index contributed by atoms with van der Waals surface area (Å²) >= 11 is 5.99. The van der Waals surface area contributed by atoms with Gasteiger partial charge in [0.25, 0.3) is 5.91 Å². The number of hydrogen-bond donors (Lipinski definition) is 1. The van der Waals surface area contributed by atoms with Crippen LogP contribution in [0.3, 0.4) is 0 Å². The van der Waals surface area contributed by atoms with Crippen molar-refractivity contribution in [3.8, 4) is 17.2 Å². The fraction of sp³-hybridized carbons (Fsp3) is 0.130. The Hall–Kier alpha value is -3.45. The molecule has 5 nitrogen and oxygen atoms in total. The van der Waals surface area contributed by atoms with Crippen molar-refractivity contribution >= 4 is 34.3 Å². The standard InChI is InChI=1S/C23H17ClF2N2O3/c1-12-3-5-15(7-13(12)2)30-11-22(29)27-14-4-6-21-20(8-14)28-23(31-21)16-9-18(25)19(26)10-17(16)24/h3-10H,11H2,1-2H3,(H,27,29). The molecule has 1 N–H and O–H groups in total. The summed E-state index contributed by atoms with van der Waals surface area (Å²) in [6.07, 6.45) is 0. The number of nitrogens with one attached hydrogen (secondary N) is 1. The molecular weight excluding hydrogens is 426 g/mol. The Kier molecular flexibility index (Phi) is 5.61. The number of anilines is 1. The molecule has 8 heteroatoms. The highest BCUT2D eigenvalue weighted by molar-refractivity contribution is 6.33. The Morgan fingerprint density at radius 2 is 1.84 bits per heavy atom. The lowest BCUT2D eigenvalue weighted by molar-refractivity contribution is -0.118. The van der Waals surface area contributed by atoms with Gasteiger partial charge in [-0.15, -0.1) is 0 Å². The maximum Gasteiger partial charge on any atom is 0.262 e. The summed E-state index contributed by atoms with van der Waals surface area (Å²) < 4.78 is 38.0. The van der Waals surface area contributed by atoms with Crippen LogP contribution >= 0.6 is 11.6 Å². The summed E-state index contributed by atoms with van der Waals surface area (Å²) in [5, 5.41) is 2.70. The van der Waals surface area contributed by atoms with Gasteiger partial charge >= 0.3 is 0 Å². The lowest BCUT2D eigenvalue weighted by Crippen LogP contribution is -2.20. The molecule has 0 bridgehead atoms. The van der Waals surface area contributed by atoms with Gasteiger partial charge in [-0.2, -0.15) is 0 Å². The molecule has 0 spiro atoms. The number of nitrogens with zero attached hydrogens (tertiary/aromatic N) is 1. The average molecular weight is 443 g/mol. The summed E-state index contributed by atoms with van der Waals surface area (Å²) in [7, 11) is 0. The SMILES string of the molecule is Cc1ccc(OCC(=O)Nc2ccc3oc(-c4cc(F)c(F)cc4Cl)nc3c2)cc1C. The molecule has 0 aliphatic rings. The third-order valence-electron chi connectivity index (χ3n) is 4.76. The van der Waals surface area contributed by atoms with Gasteiger partial charge in [0, 0.05) is 5.69 Å². The van der Waals surface area contributed by atoms with Gasteiger partial charge in [-0.3, -0.25) is 4.79 Å². The highest BCUT2D eigenvalue weighted by Crippen LogP contribution is 2.32. The second-order valence-corrected chi connectivity index (χ2v) is 7.44. The first-order valence-corrected chi connectivity index (χ1v) is 9.73. The Labute approximate surface area is 181 Å². The number of aryl methyl sites for hydroxylation is 2. The molecule has 0 saturated heterocycles. The summed E-state index contributed by atoms with van der Waals surface area (Å²) in [6.45, 7) is 3.81. The summed E-state index contributed by atoms with van der Waals surface area (Å²) in [5.41, 5.74) is 3.65. The quantitative estimate of drug-likeness (QED) is 0.381. The van der Waals surface area contributed by atoms with Crippen molar-refractivity contribution in [1.29, 1.82) is 0 Å². The lowest BCUT2D eigenvalue weighted by Gasteiger charge is -2.09. The molecule has 0 radical (unpaired) electrons. The van der Waals surface area contributed by atoms with Gasteiger partial charge in [0.1, 0.15) is 11.3 Å². The van der Waals surface area contributed by atoms with Gasteiger partial charge in [0.15, 0.2) is 23.8 Å². The van der Waals surface area contributed by atoms with Crippen LogP contribution in [-0.4, -0.2) is 17.5 Å². The Bertz CT molecular complexity index is 1300. The van der Waals surface area contributed by atoms with E-state index in [0.717, 1.165) is 23.3 Å². The number of amides is 1. The van der Waals surface area contributed by atoms with Crippen LogP contribution in [0.5, 0.6) is 5.75 Å². The maximum atomic E-state index is 13.6. The number of carbonyl (C=O) groups is 1. The molecular formula is C23H17ClF2N2O3. The van der Waals surface area contributed by atoms with Crippen molar-refractivity contribution in [2.75, 3.05) is 11.9 Å². The number of carbonyl (C=O) groups excluding carboxylic acids is 1. The second kappa shape index (κ2) is 8.35. The van der Waals surface area contributed by atoms with Gasteiger partial charge in [-0.05, 0) is 67.4 Å². The van der Waals surface area contributed by atoms with Crippen LogP contribution in [-0.2, 0) is 4.79 Å². The molecule has 1 amide bonds. The van der Waals surface area contributed by atoms with Crippen molar-refractivity contribution in [1.82, 2.24) is 4.98 Å². The molecule has 4 aromatic rings. The zero-order valence-corrected chi connectivity index (χ0v) is 17.4. The molecule has 1 aromatic heterocycles. The summed E-state index contributed by atoms with van der Waals surface area (Å²) in [6, 6.07) is 12.2. The lowest BCUT2D eigenvalue weighted by atomic mass is 10.1. The van der Waals surface area contributed by atoms with E-state index in [0.29, 0.717) is 22.5 Å². The Morgan fingerprint density at radius 1 is 1.06 bits per heavy atom. The van der Waals surface area contributed by atoms with Gasteiger partial charge < -0.3 is 14.5 Å². The number of ether oxygens (including phenoxy) is 1. The van der Waals surface area contributed by atoms with Crippen LogP contribution in [0.4, 0.5) is 14.5 Å². The van der Waals surface area contributed by atoms with Gasteiger partial charge in [0.05, 0.1) is 10.6 Å². The number of rotatable bonds is 5. The Balaban J connectivity index is 1.48. The molecule has 1 heterocycles. The molecule has 0 saturated carbocycles. The molecule has 4 rings (SSSR count). The first-order chi connectivity index (χ1) is 14.8. The van der Waals surface area contributed by atoms with E-state index in [9.17, 15) is 13.6 Å². The number of benzene rings is 3. The highest BCUT2D eigenvalue weighted by Gasteiger charge is 2.16. The minimum absolute atomic E-state index is 0.0255. The molecule has 0 atom stereocenters. The van der Waals surface area contributed by atoms with E-state index < -0.39 is 11.6 Å². The number of halogens is 3. The largest absolute Gasteiger partial charge is 0.484 e. The zero-order chi connectivity index (χ0) is 22.1. The zero-order valence-electron chi connectivity index (χ0n) is 16.6. The van der Waals surface area contributed by atoms with E-state index in [1.165, 1.54) is 0 Å². The molecule has 0 aliphatic heterocycles. The van der Waals surface area contributed by atoms with Crippen LogP contribution < -0.4 is 10.1 Å². The Morgan fingerprint density at radius 3 is 2.61 bits per heavy atom. The minimum atomic E-state index is -1.06. The molecule has 158 valence electrons. The van der Waals surface area contributed by atoms with Crippen molar-refractivity contribution in [3.63, 3.8) is 0 Å². The predicted molar refractivity (Wildman–Crippen MR) is 114 cm³/mol. The smallest absolute Gasteiger partial charge is 0.262 e. The van der Waals surface area contributed by atoms with E-state index in [-0.39, 0.29) is 29.0 Å². The number of oxazole rings is 1. The van der Waals surface area contributed by atoms with Crippen molar-refractivity contribution < 1.29 is 22.7 Å². The molecule has 0 fully saturated rings. The monoisotopic (exact) mass is 442 g/mol. The number of aromatic nitrogens is 1. The van der Waals surface area contributed by atoms with Crippen LogP contribution in [0.1, 0.15) is 11.1 Å². The predicted octanol–water partition coefficient (Wildman–Crippen LogP) is 6.06. The third kappa shape index (κ3) is 4.51. The van der Waals surface area contributed by atoms with Gasteiger partial charge in [-0.25, -0.2) is 13.8 Å². The van der Waals surface area contributed by atoms with E-state index in [4.69, 9.17) is 20.8 Å². The van der Waals surface area contributed by atoms with E-state index in [1.54, 1.807) is 18.2 Å². The van der Waals surface area contributed by atoms with Gasteiger partial charge in [-0.1, -0.05) is 17.7 Å². The first-order valence-electron chi connectivity index (χ1n) is 9.35. The topological polar surface area (TPSA) is 64.4 Å². The van der Waals surface area contributed by atoms with Crippen LogP contribution in [0.2, 0.25) is 5.02 Å². The van der Waals surface area contributed by atoms with E-state index in [1.807, 2.05) is 32.0 Å². The van der Waals surface area contributed by atoms with E-state index >= 15 is 0 Å². The van der Waals surface area contributed by atoms with Crippen LogP contribution in [0, 0.1) is 25.5 Å². The van der Waals surface area contributed by atoms with Crippen molar-refractivity contribution in [2.24, 2.45) is 0 Å². The maximum absolute atomic E-state index is 13.6. The average Bonchev–Trinajstić information content (AvgIpc) is 3.14. The summed E-state index contributed by atoms with van der Waals surface area (Å²) in [4.78, 5) is 16.5. The highest BCUT2D eigenvalue weighted by atomic mass is 35.5. The number of hydrogen-bond acceptors (Lipinski definition) is 4. The molecule has 0 unspecified atom stereocenters. The molecule has 3 aromatic carbocycles. The molecule has 0 aliphatic carbocycles. The van der Waals surface area contributed by atoms with Crippen molar-refractivity contribution in [3.05, 3.63) is 76.3 Å². The first kappa shape index (κ1) is 20.8. The molecule has 31 heavy (non-hydrogen) atoms. The van der Waals surface area contributed by atoms with E-state index in [2.05, 4.69) is 10.3 Å². The fourth-order valence-electron chi connectivity index (χ4n) is 2.96. The van der Waals surface area contributed by atoms with Gasteiger partial charge in [0.2, 0.25) is 5.89 Å².